The van der Waals surface area contributed by atoms with Gasteiger partial charge in [-0.25, -0.2) is 9.67 Å². The lowest BCUT2D eigenvalue weighted by molar-refractivity contribution is 0.291. The van der Waals surface area contributed by atoms with Gasteiger partial charge in [0, 0.05) is 55.8 Å². The quantitative estimate of drug-likeness (QED) is 0.173. The number of hydrogen-bond acceptors (Lipinski definition) is 9. The standard InChI is InChI=1S/C30H28N6O4S/c1-35-27-24(28-29(35)34-26(41-28)18-22-9-5-6-12-32-22)20-33-36(30(27)39)14-7-3-2-4-8-16-40-23-10-11-25(38)21(17-23)19-31-13-15-37/h5-6,9-12,17,20,31,37-38H,8,13-16,18-19H2,1H3. The fourth-order valence-electron chi connectivity index (χ4n) is 4.26. The Balaban J connectivity index is 1.18. The average Bonchev–Trinajstić information content (AvgIpc) is 3.51. The summed E-state index contributed by atoms with van der Waals surface area (Å²) in [6.45, 7) is 1.38. The SMILES string of the molecule is Cn1c2nc(Cc3ccccn3)sc2c2cnn(CC#CC#CCCOc3ccc(O)c(CNCCO)c3)c(=O)c21. The van der Waals surface area contributed by atoms with Crippen LogP contribution >= 0.6 is 11.3 Å². The van der Waals surface area contributed by atoms with Gasteiger partial charge in [0.15, 0.2) is 5.65 Å². The molecule has 0 aliphatic rings. The number of nitrogens with one attached hydrogen (secondary N) is 1. The summed E-state index contributed by atoms with van der Waals surface area (Å²) < 4.78 is 9.79. The van der Waals surface area contributed by atoms with Gasteiger partial charge in [-0.15, -0.1) is 11.3 Å². The lowest BCUT2D eigenvalue weighted by Crippen LogP contribution is -2.23. The number of phenols is 1. The highest BCUT2D eigenvalue weighted by molar-refractivity contribution is 7.19. The van der Waals surface area contributed by atoms with Crippen LogP contribution in [0.15, 0.2) is 53.6 Å². The van der Waals surface area contributed by atoms with Gasteiger partial charge in [-0.1, -0.05) is 17.9 Å². The van der Waals surface area contributed by atoms with Gasteiger partial charge in [0.25, 0.3) is 5.56 Å². The van der Waals surface area contributed by atoms with Gasteiger partial charge in [0.05, 0.1) is 24.1 Å². The van der Waals surface area contributed by atoms with Crippen LogP contribution in [-0.4, -0.2) is 54.3 Å². The van der Waals surface area contributed by atoms with Crippen molar-refractivity contribution in [2.45, 2.75) is 25.9 Å². The smallest absolute Gasteiger partial charge is 0.292 e. The van der Waals surface area contributed by atoms with Gasteiger partial charge in [-0.2, -0.15) is 5.10 Å². The van der Waals surface area contributed by atoms with Crippen LogP contribution in [0.1, 0.15) is 22.7 Å². The number of phenolic OH excluding ortho intramolecular Hbond substituents is 1. The van der Waals surface area contributed by atoms with E-state index >= 15 is 0 Å². The maximum absolute atomic E-state index is 13.1. The Morgan fingerprint density at radius 1 is 1.17 bits per heavy atom. The lowest BCUT2D eigenvalue weighted by atomic mass is 10.2. The van der Waals surface area contributed by atoms with Crippen molar-refractivity contribution in [3.8, 4) is 35.2 Å². The van der Waals surface area contributed by atoms with E-state index < -0.39 is 0 Å². The van der Waals surface area contributed by atoms with Gasteiger partial charge >= 0.3 is 0 Å². The molecule has 0 bridgehead atoms. The molecule has 41 heavy (non-hydrogen) atoms. The minimum absolute atomic E-state index is 0.0271. The summed E-state index contributed by atoms with van der Waals surface area (Å²) in [5, 5.41) is 27.9. The second kappa shape index (κ2) is 13.1. The number of aryl methyl sites for hydroxylation is 1. The van der Waals surface area contributed by atoms with Crippen molar-refractivity contribution in [3.63, 3.8) is 0 Å². The first-order valence-electron chi connectivity index (χ1n) is 13.0. The average molecular weight is 569 g/mol. The van der Waals surface area contributed by atoms with Gasteiger partial charge in [0.1, 0.15) is 28.6 Å². The number of aromatic nitrogens is 5. The molecule has 0 aliphatic heterocycles. The summed E-state index contributed by atoms with van der Waals surface area (Å²) in [5.41, 5.74) is 2.71. The molecule has 5 aromatic rings. The number of pyridine rings is 1. The Bertz CT molecular complexity index is 1850. The third-order valence-corrected chi connectivity index (χ3v) is 7.32. The maximum Gasteiger partial charge on any atom is 0.292 e. The van der Waals surface area contributed by atoms with Crippen LogP contribution in [0.2, 0.25) is 0 Å². The third-order valence-electron chi connectivity index (χ3n) is 6.25. The fourth-order valence-corrected chi connectivity index (χ4v) is 5.38. The molecule has 1 aromatic carbocycles. The first-order valence-corrected chi connectivity index (χ1v) is 13.8. The van der Waals surface area contributed by atoms with E-state index in [9.17, 15) is 9.90 Å². The molecule has 0 saturated heterocycles. The minimum atomic E-state index is -0.225. The Kier molecular flexibility index (Phi) is 8.92. The first kappa shape index (κ1) is 27.9. The molecule has 0 aliphatic carbocycles. The molecule has 0 radical (unpaired) electrons. The van der Waals surface area contributed by atoms with Crippen LogP contribution < -0.4 is 15.6 Å². The molecule has 10 nitrogen and oxygen atoms in total. The van der Waals surface area contributed by atoms with Crippen molar-refractivity contribution in [3.05, 3.63) is 75.4 Å². The van der Waals surface area contributed by atoms with Crippen molar-refractivity contribution in [2.24, 2.45) is 7.05 Å². The number of aliphatic hydroxyl groups is 1. The first-order chi connectivity index (χ1) is 20.0. The zero-order chi connectivity index (χ0) is 28.6. The number of fused-ring (bicyclic) bond motifs is 3. The molecule has 0 saturated carbocycles. The molecular weight excluding hydrogens is 540 g/mol. The van der Waals surface area contributed by atoms with Crippen LogP contribution in [-0.2, 0) is 26.6 Å². The number of rotatable bonds is 10. The molecular formula is C30H28N6O4S. The normalized spacial score (nSPS) is 10.8. The number of aromatic hydroxyl groups is 1. The van der Waals surface area contributed by atoms with E-state index in [0.717, 1.165) is 26.4 Å². The van der Waals surface area contributed by atoms with Crippen molar-refractivity contribution in [1.29, 1.82) is 0 Å². The van der Waals surface area contributed by atoms with E-state index in [1.807, 2.05) is 29.8 Å². The zero-order valence-electron chi connectivity index (χ0n) is 22.4. The molecule has 0 fully saturated rings. The summed E-state index contributed by atoms with van der Waals surface area (Å²) >= 11 is 1.55. The van der Waals surface area contributed by atoms with Gasteiger partial charge < -0.3 is 24.8 Å². The number of ether oxygens (including phenoxy) is 1. The molecule has 4 aromatic heterocycles. The largest absolute Gasteiger partial charge is 0.508 e. The van der Waals surface area contributed by atoms with Crippen molar-refractivity contribution in [1.82, 2.24) is 29.6 Å². The topological polar surface area (TPSA) is 127 Å². The van der Waals surface area contributed by atoms with Crippen LogP contribution in [0.5, 0.6) is 11.5 Å². The number of hydrogen-bond donors (Lipinski definition) is 3. The van der Waals surface area contributed by atoms with E-state index in [1.165, 1.54) is 4.68 Å². The molecule has 0 unspecified atom stereocenters. The summed E-state index contributed by atoms with van der Waals surface area (Å²) in [6.07, 6.45) is 4.57. The van der Waals surface area contributed by atoms with Crippen LogP contribution in [0.4, 0.5) is 0 Å². The molecule has 3 N–H and O–H groups in total. The number of thiazole rings is 1. The molecule has 0 atom stereocenters. The van der Waals surface area contributed by atoms with Crippen molar-refractivity contribution < 1.29 is 14.9 Å². The summed E-state index contributed by atoms with van der Waals surface area (Å²) in [6, 6.07) is 10.8. The molecule has 0 amide bonds. The van der Waals surface area contributed by atoms with E-state index in [2.05, 4.69) is 39.1 Å². The maximum atomic E-state index is 13.1. The zero-order valence-corrected chi connectivity index (χ0v) is 23.2. The summed E-state index contributed by atoms with van der Waals surface area (Å²) in [5.74, 6) is 12.2. The van der Waals surface area contributed by atoms with Crippen LogP contribution in [0, 0.1) is 23.7 Å². The second-order valence-corrected chi connectivity index (χ2v) is 10.2. The molecule has 5 rings (SSSR count). The molecule has 11 heteroatoms. The van der Waals surface area contributed by atoms with E-state index in [-0.39, 0.29) is 24.5 Å². The molecule has 4 heterocycles. The van der Waals surface area contributed by atoms with Crippen molar-refractivity contribution in [2.75, 3.05) is 19.8 Å². The Hall–Kier alpha value is -4.68. The highest BCUT2D eigenvalue weighted by Crippen LogP contribution is 2.31. The predicted octanol–water partition coefficient (Wildman–Crippen LogP) is 2.59. The fraction of sp³-hybridized carbons (Fsp3) is 0.267. The minimum Gasteiger partial charge on any atom is -0.508 e. The van der Waals surface area contributed by atoms with Gasteiger partial charge in [-0.3, -0.25) is 9.78 Å². The van der Waals surface area contributed by atoms with E-state index in [4.69, 9.17) is 14.8 Å². The van der Waals surface area contributed by atoms with Crippen molar-refractivity contribution >= 4 is 32.6 Å². The Labute approximate surface area is 240 Å². The van der Waals surface area contributed by atoms with Crippen LogP contribution in [0.25, 0.3) is 21.3 Å². The third kappa shape index (κ3) is 6.56. The molecule has 0 spiro atoms. The summed E-state index contributed by atoms with van der Waals surface area (Å²) in [4.78, 5) is 22.3. The number of benzene rings is 1. The molecule has 208 valence electrons. The summed E-state index contributed by atoms with van der Waals surface area (Å²) in [7, 11) is 1.84. The Morgan fingerprint density at radius 2 is 2.05 bits per heavy atom. The van der Waals surface area contributed by atoms with E-state index in [1.54, 1.807) is 41.9 Å². The predicted molar refractivity (Wildman–Crippen MR) is 158 cm³/mol. The Morgan fingerprint density at radius 3 is 2.88 bits per heavy atom. The highest BCUT2D eigenvalue weighted by atomic mass is 32.1. The number of aliphatic hydroxyl groups excluding tert-OH is 1. The van der Waals surface area contributed by atoms with Crippen LogP contribution in [0.3, 0.4) is 0 Å². The van der Waals surface area contributed by atoms with Gasteiger partial charge in [0.2, 0.25) is 0 Å². The second-order valence-electron chi connectivity index (χ2n) is 9.08. The van der Waals surface area contributed by atoms with Gasteiger partial charge in [-0.05, 0) is 42.2 Å². The highest BCUT2D eigenvalue weighted by Gasteiger charge is 2.18. The monoisotopic (exact) mass is 568 g/mol. The van der Waals surface area contributed by atoms with E-state index in [0.29, 0.717) is 49.4 Å². The lowest BCUT2D eigenvalue weighted by Gasteiger charge is -2.09. The number of nitrogens with zero attached hydrogens (tertiary/aromatic N) is 5.